The topological polar surface area (TPSA) is 94.2 Å². The average molecular weight is 431 g/mol. The highest BCUT2D eigenvalue weighted by Crippen LogP contribution is 2.29. The first-order valence-electron chi connectivity index (χ1n) is 10.6. The number of benzene rings is 1. The number of nitrogens with one attached hydrogen (secondary N) is 3. The Morgan fingerprint density at radius 3 is 2.59 bits per heavy atom. The van der Waals surface area contributed by atoms with Crippen LogP contribution in [0.2, 0.25) is 0 Å². The Bertz CT molecular complexity index is 1130. The summed E-state index contributed by atoms with van der Waals surface area (Å²) >= 11 is 0. The Kier molecular flexibility index (Phi) is 5.47. The van der Waals surface area contributed by atoms with Gasteiger partial charge in [0.2, 0.25) is 5.95 Å². The van der Waals surface area contributed by atoms with Crippen LogP contribution in [0.4, 0.5) is 17.5 Å². The van der Waals surface area contributed by atoms with E-state index in [1.807, 2.05) is 42.7 Å². The number of ether oxygens (including phenoxy) is 1. The summed E-state index contributed by atoms with van der Waals surface area (Å²) < 4.78 is 5.52. The predicted molar refractivity (Wildman–Crippen MR) is 125 cm³/mol. The average Bonchev–Trinajstić information content (AvgIpc) is 3.36. The monoisotopic (exact) mass is 430 g/mol. The van der Waals surface area contributed by atoms with Gasteiger partial charge in [0.15, 0.2) is 0 Å². The van der Waals surface area contributed by atoms with Gasteiger partial charge in [-0.25, -0.2) is 4.98 Å². The van der Waals surface area contributed by atoms with Gasteiger partial charge in [-0.1, -0.05) is 17.7 Å². The van der Waals surface area contributed by atoms with Gasteiger partial charge in [0.25, 0.3) is 0 Å². The summed E-state index contributed by atoms with van der Waals surface area (Å²) in [5, 5.41) is 12.6. The Morgan fingerprint density at radius 1 is 1.03 bits per heavy atom. The molecule has 1 fully saturated rings. The van der Waals surface area contributed by atoms with Crippen molar-refractivity contribution < 1.29 is 4.74 Å². The lowest BCUT2D eigenvalue weighted by Crippen LogP contribution is -2.38. The van der Waals surface area contributed by atoms with E-state index < -0.39 is 0 Å². The lowest BCUT2D eigenvalue weighted by molar-refractivity contribution is 0.122. The van der Waals surface area contributed by atoms with E-state index in [1.54, 1.807) is 0 Å². The van der Waals surface area contributed by atoms with Gasteiger partial charge in [-0.2, -0.15) is 10.1 Å². The van der Waals surface area contributed by atoms with Gasteiger partial charge in [0.05, 0.1) is 30.3 Å². The van der Waals surface area contributed by atoms with Crippen LogP contribution < -0.4 is 15.6 Å². The zero-order valence-corrected chi connectivity index (χ0v) is 18.2. The zero-order valence-electron chi connectivity index (χ0n) is 18.2. The molecule has 9 nitrogen and oxygen atoms in total. The number of hydrazine groups is 1. The van der Waals surface area contributed by atoms with Crippen molar-refractivity contribution in [2.75, 3.05) is 43.6 Å². The molecule has 0 spiro atoms. The number of allylic oxidation sites excluding steroid dienone is 2. The quantitative estimate of drug-likeness (QED) is 0.569. The van der Waals surface area contributed by atoms with Gasteiger partial charge in [0, 0.05) is 49.9 Å². The summed E-state index contributed by atoms with van der Waals surface area (Å²) in [6.07, 6.45) is 5.81. The lowest BCUT2D eigenvalue weighted by atomic mass is 10.1. The van der Waals surface area contributed by atoms with Gasteiger partial charge >= 0.3 is 0 Å². The van der Waals surface area contributed by atoms with E-state index in [2.05, 4.69) is 57.0 Å². The maximum atomic E-state index is 5.52. The Labute approximate surface area is 186 Å². The van der Waals surface area contributed by atoms with Crippen LogP contribution in [0.15, 0.2) is 54.9 Å². The second-order valence-electron chi connectivity index (χ2n) is 7.82. The molecular formula is C23H26N8O. The first-order valence-corrected chi connectivity index (χ1v) is 10.6. The molecule has 9 heteroatoms. The minimum atomic E-state index is 0.666. The highest BCUT2D eigenvalue weighted by Gasteiger charge is 2.21. The molecule has 0 bridgehead atoms. The largest absolute Gasteiger partial charge is 0.378 e. The van der Waals surface area contributed by atoms with Crippen LogP contribution in [0.5, 0.6) is 0 Å². The van der Waals surface area contributed by atoms with Crippen LogP contribution >= 0.6 is 0 Å². The molecule has 5 rings (SSSR count). The summed E-state index contributed by atoms with van der Waals surface area (Å²) in [5.41, 5.74) is 9.05. The molecule has 0 saturated carbocycles. The number of H-pyrrole nitrogens is 1. The summed E-state index contributed by atoms with van der Waals surface area (Å²) in [6, 6.07) is 12.2. The van der Waals surface area contributed by atoms with Crippen molar-refractivity contribution in [3.8, 4) is 0 Å². The molecule has 0 aliphatic carbocycles. The molecular weight excluding hydrogens is 404 g/mol. The fourth-order valence-corrected chi connectivity index (χ4v) is 3.68. The zero-order chi connectivity index (χ0) is 21.9. The van der Waals surface area contributed by atoms with Gasteiger partial charge in [-0.3, -0.25) is 15.5 Å². The Morgan fingerprint density at radius 2 is 1.84 bits per heavy atom. The van der Waals surface area contributed by atoms with E-state index in [0.29, 0.717) is 19.2 Å². The number of hydrogen-bond acceptors (Lipinski definition) is 8. The van der Waals surface area contributed by atoms with E-state index in [4.69, 9.17) is 14.7 Å². The number of aromatic nitrogens is 4. The molecule has 1 aromatic carbocycles. The van der Waals surface area contributed by atoms with Gasteiger partial charge in [0.1, 0.15) is 5.82 Å². The Balaban J connectivity index is 1.59. The molecule has 164 valence electrons. The van der Waals surface area contributed by atoms with E-state index in [0.717, 1.165) is 47.3 Å². The molecule has 2 aliphatic heterocycles. The van der Waals surface area contributed by atoms with Crippen molar-refractivity contribution in [2.24, 2.45) is 0 Å². The number of nitrogens with zero attached hydrogens (tertiary/aromatic N) is 5. The van der Waals surface area contributed by atoms with Crippen molar-refractivity contribution in [3.05, 3.63) is 71.8 Å². The van der Waals surface area contributed by atoms with Crippen LogP contribution in [-0.4, -0.2) is 58.5 Å². The van der Waals surface area contributed by atoms with Gasteiger partial charge < -0.3 is 15.0 Å². The van der Waals surface area contributed by atoms with E-state index in [9.17, 15) is 0 Å². The molecule has 3 N–H and O–H groups in total. The summed E-state index contributed by atoms with van der Waals surface area (Å²) in [5.74, 6) is 1.40. The number of aromatic amines is 1. The lowest BCUT2D eigenvalue weighted by Gasteiger charge is -2.29. The number of hydrogen-bond donors (Lipinski definition) is 3. The highest BCUT2D eigenvalue weighted by molar-refractivity contribution is 5.94. The summed E-state index contributed by atoms with van der Waals surface area (Å²) in [7, 11) is 1.95. The third kappa shape index (κ3) is 4.28. The highest BCUT2D eigenvalue weighted by atomic mass is 16.5. The first-order chi connectivity index (χ1) is 15.7. The molecule has 3 aromatic rings. The molecule has 0 amide bonds. The first kappa shape index (κ1) is 20.1. The fourth-order valence-electron chi connectivity index (χ4n) is 3.68. The third-order valence-corrected chi connectivity index (χ3v) is 5.39. The van der Waals surface area contributed by atoms with E-state index in [-0.39, 0.29) is 0 Å². The molecule has 0 radical (unpaired) electrons. The van der Waals surface area contributed by atoms with Crippen molar-refractivity contribution >= 4 is 28.7 Å². The minimum absolute atomic E-state index is 0.666. The standard InChI is InChI=1S/C23H26N8O/c1-16-3-5-17(6-4-16)25-21-15-20(26-23(27-21)31-11-13-32-14-12-31)22-18(8-10-30(2)29-22)19-7-9-24-28-19/h3-10,15,29H,11-14H2,1-2H3,(H,24,28)(H,25,26,27). The number of anilines is 3. The molecule has 1 saturated heterocycles. The van der Waals surface area contributed by atoms with Gasteiger partial charge in [-0.15, -0.1) is 0 Å². The minimum Gasteiger partial charge on any atom is -0.378 e. The summed E-state index contributed by atoms with van der Waals surface area (Å²) in [4.78, 5) is 11.9. The second-order valence-corrected chi connectivity index (χ2v) is 7.82. The predicted octanol–water partition coefficient (Wildman–Crippen LogP) is 2.92. The molecule has 2 aromatic heterocycles. The van der Waals surface area contributed by atoms with Crippen LogP contribution in [0.25, 0.3) is 11.3 Å². The van der Waals surface area contributed by atoms with E-state index >= 15 is 0 Å². The molecule has 4 heterocycles. The number of morpholine rings is 1. The van der Waals surface area contributed by atoms with Crippen molar-refractivity contribution in [1.82, 2.24) is 30.6 Å². The molecule has 2 aliphatic rings. The SMILES string of the molecule is Cc1ccc(Nc2cc(C3=C(c4cc[nH]n4)C=CN(C)N3)nc(N3CCOCC3)n2)cc1. The number of aryl methyl sites for hydroxylation is 1. The normalized spacial score (nSPS) is 16.3. The smallest absolute Gasteiger partial charge is 0.228 e. The van der Waals surface area contributed by atoms with Crippen molar-refractivity contribution in [1.29, 1.82) is 0 Å². The number of rotatable bonds is 5. The van der Waals surface area contributed by atoms with E-state index in [1.165, 1.54) is 5.56 Å². The fraction of sp³-hybridized carbons (Fsp3) is 0.261. The summed E-state index contributed by atoms with van der Waals surface area (Å²) in [6.45, 7) is 4.92. The van der Waals surface area contributed by atoms with Crippen LogP contribution in [-0.2, 0) is 4.74 Å². The molecule has 0 unspecified atom stereocenters. The van der Waals surface area contributed by atoms with Crippen LogP contribution in [0, 0.1) is 6.92 Å². The maximum Gasteiger partial charge on any atom is 0.228 e. The maximum absolute atomic E-state index is 5.52. The van der Waals surface area contributed by atoms with Crippen LogP contribution in [0.3, 0.4) is 0 Å². The van der Waals surface area contributed by atoms with Crippen molar-refractivity contribution in [2.45, 2.75) is 6.92 Å². The molecule has 0 atom stereocenters. The van der Waals surface area contributed by atoms with Gasteiger partial charge in [-0.05, 0) is 31.2 Å². The molecule has 32 heavy (non-hydrogen) atoms. The Hall–Kier alpha value is -3.85. The van der Waals surface area contributed by atoms with Crippen molar-refractivity contribution in [3.63, 3.8) is 0 Å². The second kappa shape index (κ2) is 8.72. The third-order valence-electron chi connectivity index (χ3n) is 5.39. The van der Waals surface area contributed by atoms with Crippen LogP contribution in [0.1, 0.15) is 17.0 Å².